The maximum absolute atomic E-state index is 13.7. The summed E-state index contributed by atoms with van der Waals surface area (Å²) in [6.07, 6.45) is 0. The van der Waals surface area contributed by atoms with Crippen LogP contribution in [0.2, 0.25) is 0 Å². The summed E-state index contributed by atoms with van der Waals surface area (Å²) in [6.45, 7) is 0.334. The number of aromatic nitrogens is 1. The highest BCUT2D eigenvalue weighted by atomic mass is 32.1. The summed E-state index contributed by atoms with van der Waals surface area (Å²) in [4.78, 5) is 16.8. The van der Waals surface area contributed by atoms with Crippen LogP contribution in [0.25, 0.3) is 21.8 Å². The Hall–Kier alpha value is -3.31. The molecule has 4 aromatic rings. The van der Waals surface area contributed by atoms with Crippen molar-refractivity contribution in [3.05, 3.63) is 101 Å². The summed E-state index contributed by atoms with van der Waals surface area (Å²) in [7, 11) is 0. The van der Waals surface area contributed by atoms with Gasteiger partial charge in [0.2, 0.25) is 0 Å². The molecule has 28 heavy (non-hydrogen) atoms. The molecule has 0 fully saturated rings. The molecular formula is C23H17FN2OS. The van der Waals surface area contributed by atoms with Gasteiger partial charge in [0.1, 0.15) is 10.8 Å². The molecule has 0 saturated heterocycles. The fourth-order valence-electron chi connectivity index (χ4n) is 2.84. The Morgan fingerprint density at radius 2 is 1.61 bits per heavy atom. The minimum absolute atomic E-state index is 0.0512. The predicted octanol–water partition coefficient (Wildman–Crippen LogP) is 5.55. The van der Waals surface area contributed by atoms with Crippen molar-refractivity contribution in [2.24, 2.45) is 0 Å². The molecular weight excluding hydrogens is 371 g/mol. The highest BCUT2D eigenvalue weighted by molar-refractivity contribution is 7.13. The van der Waals surface area contributed by atoms with Gasteiger partial charge in [0, 0.05) is 23.1 Å². The average Bonchev–Trinajstić information content (AvgIpc) is 3.24. The lowest BCUT2D eigenvalue weighted by Gasteiger charge is -2.07. The van der Waals surface area contributed by atoms with E-state index in [9.17, 15) is 9.18 Å². The van der Waals surface area contributed by atoms with Gasteiger partial charge in [-0.2, -0.15) is 0 Å². The van der Waals surface area contributed by atoms with Crippen LogP contribution in [-0.2, 0) is 6.54 Å². The Bertz CT molecular complexity index is 1090. The number of amides is 1. The van der Waals surface area contributed by atoms with E-state index in [2.05, 4.69) is 5.32 Å². The zero-order chi connectivity index (χ0) is 19.3. The van der Waals surface area contributed by atoms with Gasteiger partial charge in [-0.15, -0.1) is 11.3 Å². The normalized spacial score (nSPS) is 10.6. The van der Waals surface area contributed by atoms with Gasteiger partial charge in [-0.25, -0.2) is 9.37 Å². The van der Waals surface area contributed by atoms with Crippen LogP contribution in [0.5, 0.6) is 0 Å². The van der Waals surface area contributed by atoms with Gasteiger partial charge in [-0.3, -0.25) is 4.79 Å². The first-order valence-corrected chi connectivity index (χ1v) is 9.71. The van der Waals surface area contributed by atoms with Gasteiger partial charge in [0.15, 0.2) is 0 Å². The van der Waals surface area contributed by atoms with E-state index in [-0.39, 0.29) is 5.56 Å². The third-order valence-corrected chi connectivity index (χ3v) is 5.24. The van der Waals surface area contributed by atoms with E-state index < -0.39 is 11.7 Å². The average molecular weight is 388 g/mol. The molecule has 0 unspecified atom stereocenters. The first-order valence-electron chi connectivity index (χ1n) is 8.84. The third kappa shape index (κ3) is 4.00. The van der Waals surface area contributed by atoms with Crippen LogP contribution >= 0.6 is 11.3 Å². The van der Waals surface area contributed by atoms with Crippen molar-refractivity contribution < 1.29 is 9.18 Å². The molecule has 0 atom stereocenters. The Kier molecular flexibility index (Phi) is 5.26. The number of nitrogens with one attached hydrogen (secondary N) is 1. The molecule has 0 saturated carbocycles. The summed E-state index contributed by atoms with van der Waals surface area (Å²) in [5.41, 5.74) is 4.07. The number of halogens is 1. The second-order valence-corrected chi connectivity index (χ2v) is 7.12. The fraction of sp³-hybridized carbons (Fsp3) is 0.0435. The Balaban J connectivity index is 1.42. The lowest BCUT2D eigenvalue weighted by molar-refractivity contribution is 0.0947. The fourth-order valence-corrected chi connectivity index (χ4v) is 3.67. The Labute approximate surface area is 166 Å². The number of rotatable bonds is 5. The van der Waals surface area contributed by atoms with Crippen molar-refractivity contribution in [1.82, 2.24) is 10.3 Å². The summed E-state index contributed by atoms with van der Waals surface area (Å²) in [5.74, 6) is -0.942. The van der Waals surface area contributed by atoms with Crippen LogP contribution in [0.4, 0.5) is 4.39 Å². The summed E-state index contributed by atoms with van der Waals surface area (Å²) in [5, 5.41) is 5.74. The van der Waals surface area contributed by atoms with E-state index in [1.54, 1.807) is 23.5 Å². The van der Waals surface area contributed by atoms with E-state index in [0.29, 0.717) is 6.54 Å². The minimum Gasteiger partial charge on any atom is -0.348 e. The van der Waals surface area contributed by atoms with Gasteiger partial charge in [0.05, 0.1) is 11.3 Å². The summed E-state index contributed by atoms with van der Waals surface area (Å²) < 4.78 is 13.7. The van der Waals surface area contributed by atoms with E-state index in [4.69, 9.17) is 4.98 Å². The largest absolute Gasteiger partial charge is 0.348 e. The zero-order valence-electron chi connectivity index (χ0n) is 14.9. The summed E-state index contributed by atoms with van der Waals surface area (Å²) >= 11 is 1.60. The number of benzene rings is 3. The number of carbonyl (C=O) groups excluding carboxylic acids is 1. The zero-order valence-corrected chi connectivity index (χ0v) is 15.7. The molecule has 0 spiro atoms. The molecule has 1 heterocycles. The first kappa shape index (κ1) is 18.1. The molecule has 1 amide bonds. The molecule has 0 radical (unpaired) electrons. The molecule has 0 bridgehead atoms. The maximum atomic E-state index is 13.7. The Morgan fingerprint density at radius 1 is 0.893 bits per heavy atom. The van der Waals surface area contributed by atoms with E-state index >= 15 is 0 Å². The van der Waals surface area contributed by atoms with E-state index in [1.165, 1.54) is 12.1 Å². The monoisotopic (exact) mass is 388 g/mol. The minimum atomic E-state index is -0.520. The Morgan fingerprint density at radius 3 is 2.36 bits per heavy atom. The lowest BCUT2D eigenvalue weighted by atomic mass is 10.1. The molecule has 1 N–H and O–H groups in total. The van der Waals surface area contributed by atoms with Crippen LogP contribution in [0.1, 0.15) is 15.9 Å². The molecule has 5 heteroatoms. The molecule has 0 aliphatic carbocycles. The molecule has 3 nitrogen and oxygen atoms in total. The van der Waals surface area contributed by atoms with Crippen LogP contribution in [0.15, 0.2) is 84.2 Å². The summed E-state index contributed by atoms with van der Waals surface area (Å²) in [6, 6.07) is 23.9. The highest BCUT2D eigenvalue weighted by Crippen LogP contribution is 2.28. The highest BCUT2D eigenvalue weighted by Gasteiger charge is 2.10. The van der Waals surface area contributed by atoms with Gasteiger partial charge >= 0.3 is 0 Å². The van der Waals surface area contributed by atoms with Gasteiger partial charge in [-0.05, 0) is 17.7 Å². The van der Waals surface area contributed by atoms with Crippen LogP contribution < -0.4 is 5.32 Å². The smallest absolute Gasteiger partial charge is 0.254 e. The SMILES string of the molecule is O=C(NCc1ccc(-c2nc(-c3ccccc3)cs2)cc1)c1ccccc1F. The molecule has 3 aromatic carbocycles. The van der Waals surface area contributed by atoms with E-state index in [1.807, 2.05) is 60.0 Å². The number of carbonyl (C=O) groups is 1. The predicted molar refractivity (Wildman–Crippen MR) is 111 cm³/mol. The van der Waals surface area contributed by atoms with E-state index in [0.717, 1.165) is 27.4 Å². The molecule has 0 aliphatic rings. The molecule has 0 aliphatic heterocycles. The van der Waals surface area contributed by atoms with Crippen molar-refractivity contribution in [2.75, 3.05) is 0 Å². The second kappa shape index (κ2) is 8.15. The molecule has 1 aromatic heterocycles. The van der Waals surface area contributed by atoms with Crippen molar-refractivity contribution in [2.45, 2.75) is 6.54 Å². The van der Waals surface area contributed by atoms with Gasteiger partial charge < -0.3 is 5.32 Å². The standard InChI is InChI=1S/C23H17FN2OS/c24-20-9-5-4-8-19(20)22(27)25-14-16-10-12-18(13-11-16)23-26-21(15-28-23)17-6-2-1-3-7-17/h1-13,15H,14H2,(H,25,27). The molecule has 138 valence electrons. The van der Waals surface area contributed by atoms with Crippen molar-refractivity contribution in [1.29, 1.82) is 0 Å². The number of hydrogen-bond donors (Lipinski definition) is 1. The maximum Gasteiger partial charge on any atom is 0.254 e. The van der Waals surface area contributed by atoms with Crippen molar-refractivity contribution in [3.8, 4) is 21.8 Å². The number of hydrogen-bond acceptors (Lipinski definition) is 3. The second-order valence-electron chi connectivity index (χ2n) is 6.26. The first-order chi connectivity index (χ1) is 13.7. The van der Waals surface area contributed by atoms with Crippen molar-refractivity contribution >= 4 is 17.2 Å². The quantitative estimate of drug-likeness (QED) is 0.487. The third-order valence-electron chi connectivity index (χ3n) is 4.35. The van der Waals surface area contributed by atoms with Crippen LogP contribution in [0.3, 0.4) is 0 Å². The number of thiazole rings is 1. The van der Waals surface area contributed by atoms with Crippen LogP contribution in [0, 0.1) is 5.82 Å². The lowest BCUT2D eigenvalue weighted by Crippen LogP contribution is -2.23. The number of nitrogens with zero attached hydrogens (tertiary/aromatic N) is 1. The van der Waals surface area contributed by atoms with Crippen LogP contribution in [-0.4, -0.2) is 10.9 Å². The topological polar surface area (TPSA) is 42.0 Å². The van der Waals surface area contributed by atoms with Crippen molar-refractivity contribution in [3.63, 3.8) is 0 Å². The van der Waals surface area contributed by atoms with Gasteiger partial charge in [0.25, 0.3) is 5.91 Å². The molecule has 4 rings (SSSR count). The van der Waals surface area contributed by atoms with Gasteiger partial charge in [-0.1, -0.05) is 66.7 Å².